The number of aromatic nitrogens is 1. The summed E-state index contributed by atoms with van der Waals surface area (Å²) in [6, 6.07) is 7.74. The van der Waals surface area contributed by atoms with Gasteiger partial charge >= 0.3 is 0 Å². The highest BCUT2D eigenvalue weighted by atomic mass is 16.2. The lowest BCUT2D eigenvalue weighted by atomic mass is 9.94. The first-order valence-corrected chi connectivity index (χ1v) is 10.8. The number of nitrogens with zero attached hydrogens (tertiary/aromatic N) is 3. The van der Waals surface area contributed by atoms with Gasteiger partial charge in [-0.15, -0.1) is 0 Å². The summed E-state index contributed by atoms with van der Waals surface area (Å²) in [6.07, 6.45) is 5.03. The van der Waals surface area contributed by atoms with Crippen LogP contribution in [0.3, 0.4) is 0 Å². The fraction of sp³-hybridized carbons (Fsp3) is 0.458. The Morgan fingerprint density at radius 1 is 1.13 bits per heavy atom. The average molecular weight is 407 g/mol. The van der Waals surface area contributed by atoms with Crippen LogP contribution in [0.5, 0.6) is 0 Å². The van der Waals surface area contributed by atoms with Crippen LogP contribution >= 0.6 is 0 Å². The van der Waals surface area contributed by atoms with Gasteiger partial charge < -0.3 is 10.2 Å². The molecule has 6 nitrogen and oxygen atoms in total. The van der Waals surface area contributed by atoms with Crippen molar-refractivity contribution in [3.63, 3.8) is 0 Å². The Hall–Kier alpha value is -2.73. The van der Waals surface area contributed by atoms with Gasteiger partial charge in [0.2, 0.25) is 5.91 Å². The van der Waals surface area contributed by atoms with E-state index in [0.29, 0.717) is 26.2 Å². The molecule has 1 saturated heterocycles. The summed E-state index contributed by atoms with van der Waals surface area (Å²) in [4.78, 5) is 33.9. The summed E-state index contributed by atoms with van der Waals surface area (Å²) in [6.45, 7) is 8.23. The van der Waals surface area contributed by atoms with E-state index in [1.807, 2.05) is 49.2 Å². The zero-order chi connectivity index (χ0) is 21.1. The van der Waals surface area contributed by atoms with E-state index < -0.39 is 0 Å². The van der Waals surface area contributed by atoms with E-state index >= 15 is 0 Å². The molecule has 158 valence electrons. The van der Waals surface area contributed by atoms with Gasteiger partial charge in [-0.3, -0.25) is 19.5 Å². The monoisotopic (exact) mass is 406 g/mol. The minimum absolute atomic E-state index is 0.0605. The second kappa shape index (κ2) is 8.96. The zero-order valence-corrected chi connectivity index (χ0v) is 17.9. The molecule has 1 N–H and O–H groups in total. The molecule has 2 aromatic rings. The summed E-state index contributed by atoms with van der Waals surface area (Å²) in [7, 11) is 0. The van der Waals surface area contributed by atoms with Crippen molar-refractivity contribution in [3.05, 3.63) is 64.0 Å². The van der Waals surface area contributed by atoms with E-state index in [1.165, 1.54) is 18.4 Å². The van der Waals surface area contributed by atoms with Crippen LogP contribution in [0.25, 0.3) is 0 Å². The van der Waals surface area contributed by atoms with Gasteiger partial charge in [-0.2, -0.15) is 0 Å². The highest BCUT2D eigenvalue weighted by molar-refractivity contribution is 5.94. The van der Waals surface area contributed by atoms with Gasteiger partial charge in [0.1, 0.15) is 0 Å². The number of benzene rings is 1. The van der Waals surface area contributed by atoms with Crippen LogP contribution in [-0.2, 0) is 24.3 Å². The van der Waals surface area contributed by atoms with Gasteiger partial charge in [-0.1, -0.05) is 17.7 Å². The molecule has 0 unspecified atom stereocenters. The minimum Gasteiger partial charge on any atom is -0.351 e. The Labute approximate surface area is 178 Å². The van der Waals surface area contributed by atoms with Crippen LogP contribution in [0, 0.1) is 13.8 Å². The number of rotatable bonds is 5. The summed E-state index contributed by atoms with van der Waals surface area (Å²) in [5.41, 5.74) is 6.18. The standard InChI is InChI=1S/C24H30N4O2/c1-17-6-5-7-19(12-17)24(30)28-11-8-21-20(15-28)13-25-18(2)22(21)14-26-23(29)16-27-9-3-4-10-27/h5-7,12-13H,3-4,8-11,14-16H2,1-2H3,(H,26,29). The Morgan fingerprint density at radius 2 is 1.93 bits per heavy atom. The number of carbonyl (C=O) groups is 2. The molecule has 2 aliphatic heterocycles. The number of nitrogens with one attached hydrogen (secondary N) is 1. The normalized spacial score (nSPS) is 16.4. The maximum absolute atomic E-state index is 12.9. The SMILES string of the molecule is Cc1cccc(C(=O)N2CCc3c(cnc(C)c3CNC(=O)CN3CCCC3)C2)c1. The summed E-state index contributed by atoms with van der Waals surface area (Å²) in [5, 5.41) is 3.08. The van der Waals surface area contributed by atoms with E-state index in [0.717, 1.165) is 47.5 Å². The lowest BCUT2D eigenvalue weighted by Crippen LogP contribution is -2.38. The van der Waals surface area contributed by atoms with Crippen LogP contribution in [0.15, 0.2) is 30.5 Å². The van der Waals surface area contributed by atoms with E-state index in [9.17, 15) is 9.59 Å². The molecule has 1 fully saturated rings. The largest absolute Gasteiger partial charge is 0.351 e. The Morgan fingerprint density at radius 3 is 2.70 bits per heavy atom. The number of aryl methyl sites for hydroxylation is 2. The van der Waals surface area contributed by atoms with Crippen molar-refractivity contribution in [1.82, 2.24) is 20.1 Å². The van der Waals surface area contributed by atoms with Crippen LogP contribution in [0.2, 0.25) is 0 Å². The molecule has 0 aliphatic carbocycles. The number of pyridine rings is 1. The molecule has 6 heteroatoms. The zero-order valence-electron chi connectivity index (χ0n) is 17.9. The maximum atomic E-state index is 12.9. The number of amides is 2. The second-order valence-electron chi connectivity index (χ2n) is 8.43. The smallest absolute Gasteiger partial charge is 0.254 e. The Bertz CT molecular complexity index is 950. The summed E-state index contributed by atoms with van der Waals surface area (Å²) < 4.78 is 0. The second-order valence-corrected chi connectivity index (χ2v) is 8.43. The van der Waals surface area contributed by atoms with Gasteiger partial charge in [0.15, 0.2) is 0 Å². The van der Waals surface area contributed by atoms with Gasteiger partial charge in [-0.25, -0.2) is 0 Å². The fourth-order valence-corrected chi connectivity index (χ4v) is 4.48. The van der Waals surface area contributed by atoms with Crippen molar-refractivity contribution < 1.29 is 9.59 Å². The molecule has 0 saturated carbocycles. The molecular formula is C24H30N4O2. The van der Waals surface area contributed by atoms with Crippen molar-refractivity contribution in [2.75, 3.05) is 26.2 Å². The quantitative estimate of drug-likeness (QED) is 0.829. The van der Waals surface area contributed by atoms with Crippen LogP contribution < -0.4 is 5.32 Å². The highest BCUT2D eigenvalue weighted by Crippen LogP contribution is 2.25. The Kier molecular flexibility index (Phi) is 6.13. The number of fused-ring (bicyclic) bond motifs is 1. The van der Waals surface area contributed by atoms with E-state index in [1.54, 1.807) is 0 Å². The van der Waals surface area contributed by atoms with Gasteiger partial charge in [0, 0.05) is 37.1 Å². The first kappa shape index (κ1) is 20.5. The Balaban J connectivity index is 1.44. The van der Waals surface area contributed by atoms with Crippen LogP contribution in [0.1, 0.15) is 51.1 Å². The molecule has 0 radical (unpaired) electrons. The molecular weight excluding hydrogens is 376 g/mol. The third kappa shape index (κ3) is 4.54. The first-order valence-electron chi connectivity index (χ1n) is 10.8. The van der Waals surface area contributed by atoms with Crippen molar-refractivity contribution in [2.24, 2.45) is 0 Å². The van der Waals surface area contributed by atoms with Gasteiger partial charge in [-0.05, 0) is 75.0 Å². The molecule has 1 aromatic heterocycles. The first-order chi connectivity index (χ1) is 14.5. The predicted octanol–water partition coefficient (Wildman–Crippen LogP) is 2.61. The van der Waals surface area contributed by atoms with E-state index in [-0.39, 0.29) is 11.8 Å². The molecule has 2 amide bonds. The van der Waals surface area contributed by atoms with Crippen molar-refractivity contribution in [1.29, 1.82) is 0 Å². The fourth-order valence-electron chi connectivity index (χ4n) is 4.48. The van der Waals surface area contributed by atoms with E-state index in [2.05, 4.69) is 15.2 Å². The number of hydrogen-bond acceptors (Lipinski definition) is 4. The van der Waals surface area contributed by atoms with Gasteiger partial charge in [0.05, 0.1) is 6.54 Å². The number of hydrogen-bond donors (Lipinski definition) is 1. The lowest BCUT2D eigenvalue weighted by Gasteiger charge is -2.30. The molecule has 0 spiro atoms. The molecule has 0 bridgehead atoms. The number of likely N-dealkylation sites (tertiary alicyclic amines) is 1. The molecule has 0 atom stereocenters. The van der Waals surface area contributed by atoms with E-state index in [4.69, 9.17) is 0 Å². The third-order valence-corrected chi connectivity index (χ3v) is 6.18. The van der Waals surface area contributed by atoms with Crippen molar-refractivity contribution in [3.8, 4) is 0 Å². The molecule has 3 heterocycles. The molecule has 4 rings (SSSR count). The van der Waals surface area contributed by atoms with Crippen LogP contribution in [0.4, 0.5) is 0 Å². The van der Waals surface area contributed by atoms with Crippen molar-refractivity contribution in [2.45, 2.75) is 46.2 Å². The maximum Gasteiger partial charge on any atom is 0.254 e. The molecule has 1 aromatic carbocycles. The highest BCUT2D eigenvalue weighted by Gasteiger charge is 2.25. The topological polar surface area (TPSA) is 65.5 Å². The molecule has 2 aliphatic rings. The average Bonchev–Trinajstić information content (AvgIpc) is 3.25. The predicted molar refractivity (Wildman–Crippen MR) is 116 cm³/mol. The van der Waals surface area contributed by atoms with Crippen molar-refractivity contribution >= 4 is 11.8 Å². The minimum atomic E-state index is 0.0605. The summed E-state index contributed by atoms with van der Waals surface area (Å²) >= 11 is 0. The lowest BCUT2D eigenvalue weighted by molar-refractivity contribution is -0.122. The summed E-state index contributed by atoms with van der Waals surface area (Å²) in [5.74, 6) is 0.131. The van der Waals surface area contributed by atoms with Crippen LogP contribution in [-0.4, -0.2) is 52.8 Å². The number of carbonyl (C=O) groups excluding carboxylic acids is 2. The molecule has 30 heavy (non-hydrogen) atoms. The third-order valence-electron chi connectivity index (χ3n) is 6.18. The van der Waals surface area contributed by atoms with Gasteiger partial charge in [0.25, 0.3) is 5.91 Å².